The average Bonchev–Trinajstić information content (AvgIpc) is 2.48. The molecule has 20 heavy (non-hydrogen) atoms. The van der Waals surface area contributed by atoms with Crippen molar-refractivity contribution < 1.29 is 8.42 Å². The molecule has 0 saturated heterocycles. The lowest BCUT2D eigenvalue weighted by Gasteiger charge is -2.08. The zero-order valence-corrected chi connectivity index (χ0v) is 12.1. The molecule has 4 nitrogen and oxygen atoms in total. The van der Waals surface area contributed by atoms with Crippen molar-refractivity contribution in [3.8, 4) is 0 Å². The van der Waals surface area contributed by atoms with Crippen molar-refractivity contribution in [2.75, 3.05) is 5.88 Å². The minimum Gasteiger partial charge on any atom is -0.386 e. The lowest BCUT2D eigenvalue weighted by Crippen LogP contribution is -2.12. The van der Waals surface area contributed by atoms with E-state index in [2.05, 4.69) is 4.99 Å². The zero-order chi connectivity index (χ0) is 14.6. The number of amidine groups is 1. The Labute approximate surface area is 122 Å². The van der Waals surface area contributed by atoms with Gasteiger partial charge in [-0.05, 0) is 24.3 Å². The van der Waals surface area contributed by atoms with E-state index < -0.39 is 9.84 Å². The lowest BCUT2D eigenvalue weighted by atomic mass is 10.3. The molecule has 0 fully saturated rings. The number of halogens is 1. The van der Waals surface area contributed by atoms with Crippen LogP contribution in [0.15, 0.2) is 69.4 Å². The molecule has 0 radical (unpaired) electrons. The maximum Gasteiger partial charge on any atom is 0.208 e. The van der Waals surface area contributed by atoms with Crippen LogP contribution in [0.25, 0.3) is 0 Å². The highest BCUT2D eigenvalue weighted by Crippen LogP contribution is 2.29. The molecule has 0 amide bonds. The van der Waals surface area contributed by atoms with Gasteiger partial charge in [0.1, 0.15) is 5.84 Å². The summed E-state index contributed by atoms with van der Waals surface area (Å²) in [6.45, 7) is 0. The highest BCUT2D eigenvalue weighted by molar-refractivity contribution is 7.91. The van der Waals surface area contributed by atoms with Crippen LogP contribution >= 0.6 is 11.6 Å². The van der Waals surface area contributed by atoms with E-state index in [4.69, 9.17) is 17.3 Å². The third-order valence-corrected chi connectivity index (χ3v) is 4.70. The molecular weight excluding hydrogens is 296 g/mol. The van der Waals surface area contributed by atoms with Crippen LogP contribution in [-0.4, -0.2) is 20.1 Å². The van der Waals surface area contributed by atoms with E-state index in [9.17, 15) is 8.42 Å². The van der Waals surface area contributed by atoms with Gasteiger partial charge in [0.2, 0.25) is 9.84 Å². The summed E-state index contributed by atoms with van der Waals surface area (Å²) >= 11 is 5.58. The second kappa shape index (κ2) is 6.07. The van der Waals surface area contributed by atoms with E-state index in [1.54, 1.807) is 48.5 Å². The summed E-state index contributed by atoms with van der Waals surface area (Å²) in [6.07, 6.45) is 0. The molecule has 0 spiro atoms. The van der Waals surface area contributed by atoms with Crippen LogP contribution in [0.2, 0.25) is 0 Å². The fourth-order valence-corrected chi connectivity index (χ4v) is 3.16. The largest absolute Gasteiger partial charge is 0.386 e. The summed E-state index contributed by atoms with van der Waals surface area (Å²) < 4.78 is 25.2. The molecule has 0 aromatic heterocycles. The highest BCUT2D eigenvalue weighted by Gasteiger charge is 2.20. The van der Waals surface area contributed by atoms with Crippen LogP contribution < -0.4 is 5.73 Å². The van der Waals surface area contributed by atoms with Crippen molar-refractivity contribution in [3.63, 3.8) is 0 Å². The van der Waals surface area contributed by atoms with E-state index in [0.717, 1.165) is 0 Å². The summed E-state index contributed by atoms with van der Waals surface area (Å²) in [6, 6.07) is 14.6. The van der Waals surface area contributed by atoms with Gasteiger partial charge in [-0.1, -0.05) is 30.3 Å². The number of benzene rings is 2. The molecule has 0 saturated carbocycles. The number of nitrogens with zero attached hydrogens (tertiary/aromatic N) is 1. The van der Waals surface area contributed by atoms with Crippen molar-refractivity contribution in [1.29, 1.82) is 0 Å². The summed E-state index contributed by atoms with van der Waals surface area (Å²) in [7, 11) is -3.63. The number of para-hydroxylation sites is 1. The maximum absolute atomic E-state index is 12.6. The molecule has 0 heterocycles. The molecule has 0 atom stereocenters. The quantitative estimate of drug-likeness (QED) is 0.536. The predicted molar refractivity (Wildman–Crippen MR) is 80.3 cm³/mol. The monoisotopic (exact) mass is 308 g/mol. The summed E-state index contributed by atoms with van der Waals surface area (Å²) in [4.78, 5) is 4.38. The molecule has 2 aromatic rings. The van der Waals surface area contributed by atoms with Gasteiger partial charge in [-0.25, -0.2) is 13.4 Å². The smallest absolute Gasteiger partial charge is 0.208 e. The Kier molecular flexibility index (Phi) is 4.42. The molecule has 0 bridgehead atoms. The minimum absolute atomic E-state index is 0.0414. The molecule has 2 rings (SSSR count). The van der Waals surface area contributed by atoms with E-state index in [1.165, 1.54) is 6.07 Å². The molecular formula is C14H13ClN2O2S. The van der Waals surface area contributed by atoms with E-state index in [0.29, 0.717) is 0 Å². The van der Waals surface area contributed by atoms with Crippen molar-refractivity contribution in [3.05, 3.63) is 54.6 Å². The van der Waals surface area contributed by atoms with Crippen LogP contribution in [0.5, 0.6) is 0 Å². The Hall–Kier alpha value is -1.85. The first kappa shape index (κ1) is 14.6. The Morgan fingerprint density at radius 2 is 1.65 bits per heavy atom. The lowest BCUT2D eigenvalue weighted by molar-refractivity contribution is 0.596. The van der Waals surface area contributed by atoms with Crippen LogP contribution in [0.4, 0.5) is 5.69 Å². The van der Waals surface area contributed by atoms with Gasteiger partial charge >= 0.3 is 0 Å². The third kappa shape index (κ3) is 3.00. The molecule has 6 heteroatoms. The second-order valence-corrected chi connectivity index (χ2v) is 6.21. The normalized spacial score (nSPS) is 12.3. The van der Waals surface area contributed by atoms with Crippen LogP contribution in [0, 0.1) is 0 Å². The number of aliphatic imine (C=N–C) groups is 1. The molecule has 0 aliphatic rings. The van der Waals surface area contributed by atoms with E-state index >= 15 is 0 Å². The number of hydrogen-bond acceptors (Lipinski definition) is 3. The second-order valence-electron chi connectivity index (χ2n) is 4.02. The SMILES string of the molecule is NC(CCl)=Nc1ccccc1S(=O)(=O)c1ccccc1. The molecule has 2 N–H and O–H groups in total. The van der Waals surface area contributed by atoms with E-state index in [-0.39, 0.29) is 27.2 Å². The van der Waals surface area contributed by atoms with Gasteiger partial charge in [0.15, 0.2) is 0 Å². The van der Waals surface area contributed by atoms with Gasteiger partial charge < -0.3 is 5.73 Å². The molecule has 0 aliphatic carbocycles. The van der Waals surface area contributed by atoms with Crippen molar-refractivity contribution in [2.24, 2.45) is 10.7 Å². The fraction of sp³-hybridized carbons (Fsp3) is 0.0714. The number of nitrogens with two attached hydrogens (primary N) is 1. The summed E-state index contributed by atoms with van der Waals surface area (Å²) in [5.41, 5.74) is 5.87. The number of alkyl halides is 1. The fourth-order valence-electron chi connectivity index (χ4n) is 1.69. The maximum atomic E-state index is 12.6. The number of sulfone groups is 1. The first-order chi connectivity index (χ1) is 9.55. The van der Waals surface area contributed by atoms with Gasteiger partial charge in [0.05, 0.1) is 21.4 Å². The average molecular weight is 309 g/mol. The molecule has 0 unspecified atom stereocenters. The highest BCUT2D eigenvalue weighted by atomic mass is 35.5. The molecule has 2 aromatic carbocycles. The van der Waals surface area contributed by atoms with Gasteiger partial charge in [0.25, 0.3) is 0 Å². The first-order valence-corrected chi connectivity index (χ1v) is 7.85. The summed E-state index contributed by atoms with van der Waals surface area (Å²) in [5, 5.41) is 0. The minimum atomic E-state index is -3.63. The Morgan fingerprint density at radius 3 is 2.30 bits per heavy atom. The topological polar surface area (TPSA) is 72.5 Å². The molecule has 0 aliphatic heterocycles. The van der Waals surface area contributed by atoms with Gasteiger partial charge in [-0.3, -0.25) is 0 Å². The summed E-state index contributed by atoms with van der Waals surface area (Å²) in [5.74, 6) is 0.210. The van der Waals surface area contributed by atoms with E-state index in [1.807, 2.05) is 0 Å². The number of rotatable bonds is 4. The van der Waals surface area contributed by atoms with Crippen LogP contribution in [-0.2, 0) is 9.84 Å². The number of hydrogen-bond donors (Lipinski definition) is 1. The van der Waals surface area contributed by atoms with Crippen molar-refractivity contribution >= 4 is 33.0 Å². The Balaban J connectivity index is 2.59. The van der Waals surface area contributed by atoms with Crippen LogP contribution in [0.1, 0.15) is 0 Å². The molecule has 104 valence electrons. The Morgan fingerprint density at radius 1 is 1.05 bits per heavy atom. The Bertz CT molecular complexity index is 728. The standard InChI is InChI=1S/C14H13ClN2O2S/c15-10-14(16)17-12-8-4-5-9-13(12)20(18,19)11-6-2-1-3-7-11/h1-9H,10H2,(H2,16,17). The van der Waals surface area contributed by atoms with Gasteiger partial charge in [-0.15, -0.1) is 11.6 Å². The van der Waals surface area contributed by atoms with Crippen LogP contribution in [0.3, 0.4) is 0 Å². The zero-order valence-electron chi connectivity index (χ0n) is 10.5. The first-order valence-electron chi connectivity index (χ1n) is 5.84. The predicted octanol–water partition coefficient (Wildman–Crippen LogP) is 2.75. The van der Waals surface area contributed by atoms with Crippen molar-refractivity contribution in [2.45, 2.75) is 9.79 Å². The van der Waals surface area contributed by atoms with Gasteiger partial charge in [-0.2, -0.15) is 0 Å². The third-order valence-electron chi connectivity index (χ3n) is 2.61. The van der Waals surface area contributed by atoms with Crippen molar-refractivity contribution in [1.82, 2.24) is 0 Å². The van der Waals surface area contributed by atoms with Gasteiger partial charge in [0, 0.05) is 0 Å².